The average molecular weight is 336 g/mol. The molecule has 0 aliphatic carbocycles. The Morgan fingerprint density at radius 3 is 2.56 bits per heavy atom. The maximum absolute atomic E-state index is 12.2. The highest BCUT2D eigenvalue weighted by Gasteiger charge is 2.10. The number of carbonyl (C=O) groups is 2. The zero-order valence-electron chi connectivity index (χ0n) is 14.3. The molecule has 1 amide bonds. The maximum atomic E-state index is 12.2. The van der Waals surface area contributed by atoms with Crippen LogP contribution in [0, 0.1) is 6.92 Å². The van der Waals surface area contributed by atoms with E-state index < -0.39 is 0 Å². The molecule has 25 heavy (non-hydrogen) atoms. The third-order valence-electron chi connectivity index (χ3n) is 4.04. The van der Waals surface area contributed by atoms with Crippen molar-refractivity contribution in [1.29, 1.82) is 0 Å². The first-order valence-corrected chi connectivity index (χ1v) is 8.34. The van der Waals surface area contributed by atoms with E-state index in [9.17, 15) is 9.59 Å². The molecule has 1 N–H and O–H groups in total. The van der Waals surface area contributed by atoms with Gasteiger partial charge < -0.3 is 9.73 Å². The van der Waals surface area contributed by atoms with Crippen molar-refractivity contribution < 1.29 is 14.0 Å². The maximum Gasteiger partial charge on any atom is 0.224 e. The summed E-state index contributed by atoms with van der Waals surface area (Å²) in [6, 6.07) is 12.8. The molecule has 0 atom stereocenters. The number of anilines is 1. The van der Waals surface area contributed by atoms with Crippen LogP contribution < -0.4 is 5.32 Å². The number of nitrogens with one attached hydrogen (secondary N) is 1. The number of ketones is 1. The lowest BCUT2D eigenvalue weighted by Gasteiger charge is -2.05. The number of nitrogens with zero attached hydrogens (tertiary/aromatic N) is 1. The van der Waals surface area contributed by atoms with Crippen LogP contribution in [0.3, 0.4) is 0 Å². The second-order valence-corrected chi connectivity index (χ2v) is 5.94. The highest BCUT2D eigenvalue weighted by Crippen LogP contribution is 2.20. The summed E-state index contributed by atoms with van der Waals surface area (Å²) in [4.78, 5) is 28.5. The van der Waals surface area contributed by atoms with E-state index in [2.05, 4.69) is 17.2 Å². The van der Waals surface area contributed by atoms with Crippen LogP contribution in [-0.2, 0) is 11.2 Å². The molecule has 3 rings (SSSR count). The van der Waals surface area contributed by atoms with Crippen molar-refractivity contribution in [3.8, 4) is 0 Å². The van der Waals surface area contributed by atoms with Gasteiger partial charge in [0.05, 0.1) is 0 Å². The van der Waals surface area contributed by atoms with Crippen molar-refractivity contribution in [2.75, 3.05) is 5.32 Å². The first-order chi connectivity index (χ1) is 12.0. The summed E-state index contributed by atoms with van der Waals surface area (Å²) in [6.07, 6.45) is 1.26. The molecule has 0 unspecified atom stereocenters. The summed E-state index contributed by atoms with van der Waals surface area (Å²) < 4.78 is 5.40. The molecular formula is C20H20N2O3. The fraction of sp³-hybridized carbons (Fsp3) is 0.250. The summed E-state index contributed by atoms with van der Waals surface area (Å²) in [5.74, 6) is 0.358. The van der Waals surface area contributed by atoms with E-state index in [1.54, 1.807) is 25.1 Å². The third kappa shape index (κ3) is 4.12. The fourth-order valence-corrected chi connectivity index (χ4v) is 2.64. The van der Waals surface area contributed by atoms with Gasteiger partial charge in [-0.1, -0.05) is 31.2 Å². The van der Waals surface area contributed by atoms with E-state index in [4.69, 9.17) is 4.42 Å². The Balaban J connectivity index is 1.56. The standard InChI is InChI=1S/C20H20N2O3/c1-3-14-4-6-15(7-5-14)18(23)9-11-20(24)22-16-8-10-19-17(12-16)21-13(2)25-19/h4-8,10,12H,3,9,11H2,1-2H3,(H,22,24). The van der Waals surface area contributed by atoms with Crippen molar-refractivity contribution >= 4 is 28.5 Å². The lowest BCUT2D eigenvalue weighted by molar-refractivity contribution is -0.116. The van der Waals surface area contributed by atoms with Gasteiger partial charge in [0.2, 0.25) is 5.91 Å². The van der Waals surface area contributed by atoms with Crippen LogP contribution in [-0.4, -0.2) is 16.7 Å². The summed E-state index contributed by atoms with van der Waals surface area (Å²) in [5, 5.41) is 2.80. The first kappa shape index (κ1) is 16.9. The molecule has 0 radical (unpaired) electrons. The summed E-state index contributed by atoms with van der Waals surface area (Å²) >= 11 is 0. The van der Waals surface area contributed by atoms with Gasteiger partial charge in [-0.3, -0.25) is 9.59 Å². The molecule has 0 aliphatic rings. The van der Waals surface area contributed by atoms with Gasteiger partial charge in [-0.05, 0) is 30.2 Å². The predicted octanol–water partition coefficient (Wildman–Crippen LogP) is 4.30. The number of fused-ring (bicyclic) bond motifs is 1. The Kier molecular flexibility index (Phi) is 4.93. The van der Waals surface area contributed by atoms with Gasteiger partial charge in [-0.2, -0.15) is 0 Å². The Hall–Kier alpha value is -2.95. The smallest absolute Gasteiger partial charge is 0.224 e. The molecule has 0 saturated heterocycles. The van der Waals surface area contributed by atoms with Crippen molar-refractivity contribution in [2.24, 2.45) is 0 Å². The number of hydrogen-bond acceptors (Lipinski definition) is 4. The second kappa shape index (κ2) is 7.30. The summed E-state index contributed by atoms with van der Waals surface area (Å²) in [6.45, 7) is 3.84. The lowest BCUT2D eigenvalue weighted by Crippen LogP contribution is -2.13. The number of aromatic nitrogens is 1. The topological polar surface area (TPSA) is 72.2 Å². The molecule has 2 aromatic carbocycles. The van der Waals surface area contributed by atoms with Gasteiger partial charge >= 0.3 is 0 Å². The predicted molar refractivity (Wildman–Crippen MR) is 96.8 cm³/mol. The van der Waals surface area contributed by atoms with E-state index in [-0.39, 0.29) is 24.5 Å². The molecule has 3 aromatic rings. The van der Waals surface area contributed by atoms with Gasteiger partial charge in [0.25, 0.3) is 0 Å². The zero-order chi connectivity index (χ0) is 17.8. The highest BCUT2D eigenvalue weighted by molar-refractivity contribution is 6.00. The molecule has 0 fully saturated rings. The minimum atomic E-state index is -0.196. The number of carbonyl (C=O) groups excluding carboxylic acids is 2. The van der Waals surface area contributed by atoms with Gasteiger partial charge in [-0.15, -0.1) is 0 Å². The SMILES string of the molecule is CCc1ccc(C(=O)CCC(=O)Nc2ccc3oc(C)nc3c2)cc1. The van der Waals surface area contributed by atoms with Crippen LogP contribution in [0.1, 0.15) is 41.6 Å². The summed E-state index contributed by atoms with van der Waals surface area (Å²) in [5.41, 5.74) is 3.85. The van der Waals surface area contributed by atoms with Crippen LogP contribution in [0.2, 0.25) is 0 Å². The van der Waals surface area contributed by atoms with Crippen LogP contribution in [0.5, 0.6) is 0 Å². The lowest BCUT2D eigenvalue weighted by atomic mass is 10.0. The van der Waals surface area contributed by atoms with Gasteiger partial charge in [0, 0.05) is 31.0 Å². The number of benzene rings is 2. The monoisotopic (exact) mass is 336 g/mol. The number of amides is 1. The van der Waals surface area contributed by atoms with E-state index in [1.807, 2.05) is 24.3 Å². The Morgan fingerprint density at radius 1 is 1.08 bits per heavy atom. The van der Waals surface area contributed by atoms with E-state index in [0.29, 0.717) is 28.2 Å². The normalized spacial score (nSPS) is 10.8. The van der Waals surface area contributed by atoms with Crippen LogP contribution in [0.25, 0.3) is 11.1 Å². The van der Waals surface area contributed by atoms with E-state index in [1.165, 1.54) is 5.56 Å². The van der Waals surface area contributed by atoms with Crippen molar-refractivity contribution in [1.82, 2.24) is 4.98 Å². The number of oxazole rings is 1. The quantitative estimate of drug-likeness (QED) is 0.681. The highest BCUT2D eigenvalue weighted by atomic mass is 16.3. The Labute approximate surface area is 146 Å². The largest absolute Gasteiger partial charge is 0.441 e. The fourth-order valence-electron chi connectivity index (χ4n) is 2.64. The molecule has 5 nitrogen and oxygen atoms in total. The number of hydrogen-bond donors (Lipinski definition) is 1. The van der Waals surface area contributed by atoms with Crippen LogP contribution in [0.4, 0.5) is 5.69 Å². The van der Waals surface area contributed by atoms with Crippen LogP contribution in [0.15, 0.2) is 46.9 Å². The molecule has 0 spiro atoms. The molecule has 5 heteroatoms. The average Bonchev–Trinajstić information content (AvgIpc) is 2.99. The Morgan fingerprint density at radius 2 is 1.84 bits per heavy atom. The van der Waals surface area contributed by atoms with Crippen LogP contribution >= 0.6 is 0 Å². The van der Waals surface area contributed by atoms with Crippen molar-refractivity contribution in [3.05, 3.63) is 59.5 Å². The number of aryl methyl sites for hydroxylation is 2. The van der Waals surface area contributed by atoms with Crippen molar-refractivity contribution in [2.45, 2.75) is 33.1 Å². The minimum Gasteiger partial charge on any atom is -0.441 e. The summed E-state index contributed by atoms with van der Waals surface area (Å²) in [7, 11) is 0. The van der Waals surface area contributed by atoms with E-state index >= 15 is 0 Å². The number of Topliss-reactive ketones (excluding diaryl/α,β-unsaturated/α-hetero) is 1. The van der Waals surface area contributed by atoms with E-state index in [0.717, 1.165) is 6.42 Å². The van der Waals surface area contributed by atoms with Crippen molar-refractivity contribution in [3.63, 3.8) is 0 Å². The van der Waals surface area contributed by atoms with Gasteiger partial charge in [0.1, 0.15) is 5.52 Å². The van der Waals surface area contributed by atoms with Gasteiger partial charge in [0.15, 0.2) is 17.3 Å². The molecule has 0 bridgehead atoms. The molecule has 0 saturated carbocycles. The second-order valence-electron chi connectivity index (χ2n) is 5.94. The molecule has 128 valence electrons. The molecule has 1 aromatic heterocycles. The molecule has 0 aliphatic heterocycles. The zero-order valence-corrected chi connectivity index (χ0v) is 14.3. The van der Waals surface area contributed by atoms with Gasteiger partial charge in [-0.25, -0.2) is 4.98 Å². The number of rotatable bonds is 6. The first-order valence-electron chi connectivity index (χ1n) is 8.34. The minimum absolute atomic E-state index is 0.0274. The molecule has 1 heterocycles. The molecular weight excluding hydrogens is 316 g/mol. The Bertz CT molecular complexity index is 910. The third-order valence-corrected chi connectivity index (χ3v) is 4.04.